The van der Waals surface area contributed by atoms with E-state index in [4.69, 9.17) is 51.5 Å². The second-order valence-corrected chi connectivity index (χ2v) is 10.9. The molecule has 2 aliphatic rings. The van der Waals surface area contributed by atoms with Gasteiger partial charge in [0.2, 0.25) is 0 Å². The normalized spacial score (nSPS) is 11.2. The Labute approximate surface area is 384 Å². The van der Waals surface area contributed by atoms with Crippen molar-refractivity contribution >= 4 is 94.2 Å². The van der Waals surface area contributed by atoms with Gasteiger partial charge in [-0.15, -0.1) is 0 Å². The first-order chi connectivity index (χ1) is 23.4. The first-order valence-corrected chi connectivity index (χ1v) is 14.5. The molecule has 2 aliphatic heterocycles. The van der Waals surface area contributed by atoms with E-state index >= 15 is 0 Å². The maximum Gasteiger partial charge on any atom is 1.00 e. The molecule has 0 fully saturated rings. The van der Waals surface area contributed by atoms with Gasteiger partial charge in [0.05, 0.1) is 55.8 Å². The Morgan fingerprint density at radius 2 is 0.981 bits per heavy atom. The van der Waals surface area contributed by atoms with Gasteiger partial charge >= 0.3 is 119 Å². The smallest absolute Gasteiger partial charge is 0.545 e. The number of ether oxygens (including phenoxy) is 2. The third-order valence-corrected chi connectivity index (χ3v) is 7.20. The maximum atomic E-state index is 11.0. The zero-order valence-corrected chi connectivity index (χ0v) is 36.2. The molecule has 4 aromatic rings. The van der Waals surface area contributed by atoms with Crippen molar-refractivity contribution in [1.29, 1.82) is 0 Å². The van der Waals surface area contributed by atoms with Crippen LogP contribution in [0.5, 0.6) is 0 Å². The zero-order chi connectivity index (χ0) is 37.4. The fourth-order valence-corrected chi connectivity index (χ4v) is 4.78. The molecule has 6 rings (SSSR count). The molecule has 0 bridgehead atoms. The second-order valence-electron chi connectivity index (χ2n) is 9.23. The molecule has 256 valence electrons. The molecular formula is C32H13Cl4Na3O14. The van der Waals surface area contributed by atoms with Crippen molar-refractivity contribution in [2.75, 3.05) is 0 Å². The number of fused-ring (bicyclic) bond motifs is 2. The molecule has 2 heterocycles. The minimum Gasteiger partial charge on any atom is -0.545 e. The van der Waals surface area contributed by atoms with Crippen LogP contribution in [0, 0.1) is 0 Å². The van der Waals surface area contributed by atoms with Crippen molar-refractivity contribution in [3.8, 4) is 0 Å². The van der Waals surface area contributed by atoms with E-state index in [1.165, 1.54) is 36.4 Å². The van der Waals surface area contributed by atoms with Crippen LogP contribution in [-0.2, 0) is 9.47 Å². The Kier molecular flexibility index (Phi) is 21.4. The molecule has 0 aliphatic carbocycles. The predicted octanol–water partition coefficient (Wildman–Crippen LogP) is -6.22. The summed E-state index contributed by atoms with van der Waals surface area (Å²) in [5.41, 5.74) is -0.838. The summed E-state index contributed by atoms with van der Waals surface area (Å²) in [4.78, 5) is 85.5. The van der Waals surface area contributed by atoms with Crippen LogP contribution < -0.4 is 104 Å². The van der Waals surface area contributed by atoms with E-state index in [2.05, 4.69) is 9.47 Å². The van der Waals surface area contributed by atoms with Crippen LogP contribution in [0.4, 0.5) is 0 Å². The number of rotatable bonds is 4. The van der Waals surface area contributed by atoms with Crippen LogP contribution in [0.3, 0.4) is 0 Å². The monoisotopic (exact) mass is 830 g/mol. The molecule has 53 heavy (non-hydrogen) atoms. The van der Waals surface area contributed by atoms with Crippen molar-refractivity contribution in [1.82, 2.24) is 0 Å². The first kappa shape index (κ1) is 50.2. The molecule has 4 aromatic carbocycles. The van der Waals surface area contributed by atoms with Crippen molar-refractivity contribution in [2.24, 2.45) is 0 Å². The van der Waals surface area contributed by atoms with Crippen molar-refractivity contribution in [3.05, 3.63) is 137 Å². The van der Waals surface area contributed by atoms with E-state index in [0.717, 1.165) is 18.2 Å². The van der Waals surface area contributed by atoms with Crippen LogP contribution in [-0.4, -0.2) is 52.9 Å². The van der Waals surface area contributed by atoms with E-state index in [1.807, 2.05) is 0 Å². The Morgan fingerprint density at radius 1 is 0.509 bits per heavy atom. The van der Waals surface area contributed by atoms with Crippen molar-refractivity contribution in [3.63, 3.8) is 0 Å². The molecule has 0 spiro atoms. The predicted molar refractivity (Wildman–Crippen MR) is 165 cm³/mol. The summed E-state index contributed by atoms with van der Waals surface area (Å²) >= 11 is 22.3. The number of carboxylic acid groups (broad SMARTS) is 4. The van der Waals surface area contributed by atoms with E-state index in [1.54, 1.807) is 18.2 Å². The number of carbonyl (C=O) groups excluding carboxylic acids is 7. The minimum atomic E-state index is -1.60. The van der Waals surface area contributed by atoms with Gasteiger partial charge in [-0.2, -0.15) is 0 Å². The second kappa shape index (κ2) is 22.5. The van der Waals surface area contributed by atoms with Crippen LogP contribution >= 0.6 is 46.4 Å². The standard InChI is InChI=1S/2C8H5ClO4.2C8H3ClO3.3Na/c9-4-1-2-5(7(10)11)6(3-4)8(12)13;9-5-3-1-2-4(7(10)11)6(5)8(12)13;9-4-1-2-5-6(3-4)8(11)12-7(5)10;9-5-3-1-2-4-6(5)8(11)12-7(4)10;;;/h2*1-3H,(H,10,11)(H,12,13);2*1-3H;;;/q;;;;3*+1/p-3. The average molecular weight is 832 g/mol. The minimum absolute atomic E-state index is 0. The molecule has 0 aromatic heterocycles. The van der Waals surface area contributed by atoms with Gasteiger partial charge in [0.25, 0.3) is 0 Å². The van der Waals surface area contributed by atoms with Gasteiger partial charge in [-0.1, -0.05) is 70.7 Å². The van der Waals surface area contributed by atoms with Gasteiger partial charge in [0.1, 0.15) is 0 Å². The number of halogens is 4. The number of hydrogen-bond acceptors (Lipinski definition) is 13. The molecule has 0 saturated heterocycles. The molecule has 0 unspecified atom stereocenters. The van der Waals surface area contributed by atoms with Crippen LogP contribution in [0.15, 0.2) is 72.8 Å². The molecular weight excluding hydrogens is 819 g/mol. The molecule has 14 nitrogen and oxygen atoms in total. The van der Waals surface area contributed by atoms with Gasteiger partial charge in [-0.25, -0.2) is 24.0 Å². The zero-order valence-electron chi connectivity index (χ0n) is 27.2. The number of benzene rings is 4. The molecule has 0 radical (unpaired) electrons. The van der Waals surface area contributed by atoms with E-state index in [9.17, 15) is 53.7 Å². The Hall–Kier alpha value is -2.80. The summed E-state index contributed by atoms with van der Waals surface area (Å²) < 4.78 is 8.70. The Morgan fingerprint density at radius 3 is 1.51 bits per heavy atom. The van der Waals surface area contributed by atoms with E-state index in [-0.39, 0.29) is 126 Å². The Balaban J connectivity index is 0.000000668. The summed E-state index contributed by atoms with van der Waals surface area (Å²) in [5.74, 6) is -8.63. The van der Waals surface area contributed by atoms with Gasteiger partial charge in [0, 0.05) is 26.7 Å². The summed E-state index contributed by atoms with van der Waals surface area (Å²) in [6.45, 7) is 0. The molecule has 1 N–H and O–H groups in total. The number of hydrogen-bond donors (Lipinski definition) is 1. The summed E-state index contributed by atoms with van der Waals surface area (Å²) in [6.07, 6.45) is 0. The summed E-state index contributed by atoms with van der Waals surface area (Å²) in [7, 11) is 0. The number of esters is 4. The third kappa shape index (κ3) is 13.2. The number of cyclic esters (lactones) is 4. The maximum absolute atomic E-state index is 11.0. The molecule has 0 saturated carbocycles. The van der Waals surface area contributed by atoms with Crippen LogP contribution in [0.25, 0.3) is 0 Å². The topological polar surface area (TPSA) is 244 Å². The van der Waals surface area contributed by atoms with Gasteiger partial charge < -0.3 is 44.3 Å². The largest absolute Gasteiger partial charge is 1.00 e. The van der Waals surface area contributed by atoms with E-state index < -0.39 is 70.0 Å². The number of carbonyl (C=O) groups is 8. The number of aromatic carboxylic acids is 4. The average Bonchev–Trinajstić information content (AvgIpc) is 3.50. The molecule has 21 heteroatoms. The molecule has 0 atom stereocenters. The van der Waals surface area contributed by atoms with Gasteiger partial charge in [-0.3, -0.25) is 0 Å². The summed E-state index contributed by atoms with van der Waals surface area (Å²) in [6, 6.07) is 16.2. The van der Waals surface area contributed by atoms with Gasteiger partial charge in [-0.05, 0) is 48.5 Å². The summed E-state index contributed by atoms with van der Waals surface area (Å²) in [5, 5.41) is 40.6. The number of carboxylic acids is 4. The van der Waals surface area contributed by atoms with Gasteiger partial charge in [0.15, 0.2) is 0 Å². The fourth-order valence-electron chi connectivity index (χ4n) is 3.92. The van der Waals surface area contributed by atoms with Crippen LogP contribution in [0.1, 0.15) is 82.9 Å². The SMILES string of the molecule is O=C([O-])c1ccc(Cl)cc1C(=O)[O-].O=C([O-])c1cccc(Cl)c1C(=O)O.O=C1OC(=O)c2c(Cl)cccc21.O=C1OC(=O)c2cc(Cl)ccc21.[Na+].[Na+].[Na+]. The van der Waals surface area contributed by atoms with E-state index in [0.29, 0.717) is 5.02 Å². The van der Waals surface area contributed by atoms with Crippen molar-refractivity contribution < 1.29 is 157 Å². The molecule has 0 amide bonds. The van der Waals surface area contributed by atoms with Crippen molar-refractivity contribution in [2.45, 2.75) is 0 Å². The third-order valence-electron chi connectivity index (χ3n) is 6.10. The fraction of sp³-hybridized carbons (Fsp3) is 0. The Bertz CT molecular complexity index is 2110. The quantitative estimate of drug-likeness (QED) is 0.114. The van der Waals surface area contributed by atoms with Crippen LogP contribution in [0.2, 0.25) is 20.1 Å². The first-order valence-electron chi connectivity index (χ1n) is 13.0.